The van der Waals surface area contributed by atoms with E-state index in [9.17, 15) is 13.2 Å². The van der Waals surface area contributed by atoms with Crippen molar-refractivity contribution < 1.29 is 17.9 Å². The van der Waals surface area contributed by atoms with Gasteiger partial charge in [0.25, 0.3) is 0 Å². The molecule has 3 nitrogen and oxygen atoms in total. The van der Waals surface area contributed by atoms with Crippen LogP contribution in [-0.2, 0) is 4.74 Å². The zero-order valence-electron chi connectivity index (χ0n) is 12.5. The van der Waals surface area contributed by atoms with Crippen molar-refractivity contribution in [3.63, 3.8) is 0 Å². The molecule has 2 rings (SSSR count). The zero-order valence-corrected chi connectivity index (χ0v) is 12.5. The lowest BCUT2D eigenvalue weighted by atomic mass is 9.84. The van der Waals surface area contributed by atoms with Crippen molar-refractivity contribution in [3.8, 4) is 0 Å². The van der Waals surface area contributed by atoms with Gasteiger partial charge in [-0.25, -0.2) is 0 Å². The van der Waals surface area contributed by atoms with Crippen molar-refractivity contribution in [2.45, 2.75) is 57.5 Å². The molecular formula is C14H25F3N2O. The molecule has 1 saturated heterocycles. The maximum Gasteiger partial charge on any atom is 0.522 e. The molecule has 0 amide bonds. The van der Waals surface area contributed by atoms with Gasteiger partial charge in [-0.2, -0.15) is 0 Å². The number of alkyl halides is 3. The first-order valence-corrected chi connectivity index (χ1v) is 7.39. The molecular weight excluding hydrogens is 269 g/mol. The summed E-state index contributed by atoms with van der Waals surface area (Å²) in [6.07, 6.45) is -1.18. The highest BCUT2D eigenvalue weighted by molar-refractivity contribution is 5.07. The summed E-state index contributed by atoms with van der Waals surface area (Å²) in [7, 11) is 0. The Hall–Kier alpha value is -0.330. The summed E-state index contributed by atoms with van der Waals surface area (Å²) in [5.41, 5.74) is -0.0593. The molecule has 0 aromatic rings. The summed E-state index contributed by atoms with van der Waals surface area (Å²) in [6.45, 7) is 8.04. The fourth-order valence-corrected chi connectivity index (χ4v) is 3.11. The first-order chi connectivity index (χ1) is 9.19. The normalized spacial score (nSPS) is 36.3. The highest BCUT2D eigenvalue weighted by Gasteiger charge is 2.48. The molecule has 1 aliphatic heterocycles. The summed E-state index contributed by atoms with van der Waals surface area (Å²) >= 11 is 0. The SMILES string of the molecule is CCC1(C)CNC(C)(C2CC2)CN1CCOC(F)(F)F. The van der Waals surface area contributed by atoms with Crippen LogP contribution in [0.25, 0.3) is 0 Å². The number of nitrogens with one attached hydrogen (secondary N) is 1. The molecule has 1 aliphatic carbocycles. The van der Waals surface area contributed by atoms with Crippen LogP contribution in [0.4, 0.5) is 13.2 Å². The van der Waals surface area contributed by atoms with Crippen LogP contribution in [0, 0.1) is 5.92 Å². The van der Waals surface area contributed by atoms with Crippen molar-refractivity contribution in [1.29, 1.82) is 0 Å². The minimum absolute atomic E-state index is 0.0346. The van der Waals surface area contributed by atoms with Crippen molar-refractivity contribution in [1.82, 2.24) is 10.2 Å². The lowest BCUT2D eigenvalue weighted by Crippen LogP contribution is -2.69. The van der Waals surface area contributed by atoms with E-state index in [0.717, 1.165) is 19.5 Å². The Balaban J connectivity index is 1.96. The quantitative estimate of drug-likeness (QED) is 0.844. The van der Waals surface area contributed by atoms with E-state index in [-0.39, 0.29) is 17.7 Å². The molecule has 1 N–H and O–H groups in total. The maximum atomic E-state index is 12.1. The summed E-state index contributed by atoms with van der Waals surface area (Å²) in [6, 6.07) is 0. The van der Waals surface area contributed by atoms with Crippen LogP contribution in [0.15, 0.2) is 0 Å². The van der Waals surface area contributed by atoms with Crippen molar-refractivity contribution in [2.75, 3.05) is 26.2 Å². The van der Waals surface area contributed by atoms with Crippen molar-refractivity contribution in [2.24, 2.45) is 5.92 Å². The van der Waals surface area contributed by atoms with E-state index >= 15 is 0 Å². The Morgan fingerprint density at radius 2 is 1.95 bits per heavy atom. The van der Waals surface area contributed by atoms with Gasteiger partial charge in [-0.3, -0.25) is 9.64 Å². The number of rotatable bonds is 5. The van der Waals surface area contributed by atoms with Crippen LogP contribution in [0.2, 0.25) is 0 Å². The van der Waals surface area contributed by atoms with Crippen LogP contribution >= 0.6 is 0 Å². The Morgan fingerprint density at radius 1 is 1.30 bits per heavy atom. The summed E-state index contributed by atoms with van der Waals surface area (Å²) in [5, 5.41) is 3.63. The number of halogens is 3. The van der Waals surface area contributed by atoms with Gasteiger partial charge in [-0.15, -0.1) is 13.2 Å². The average molecular weight is 294 g/mol. The molecule has 2 atom stereocenters. The van der Waals surface area contributed by atoms with E-state index in [1.54, 1.807) is 0 Å². The average Bonchev–Trinajstić information content (AvgIpc) is 3.17. The predicted molar refractivity (Wildman–Crippen MR) is 71.4 cm³/mol. The minimum atomic E-state index is -4.53. The third-order valence-corrected chi connectivity index (χ3v) is 5.02. The lowest BCUT2D eigenvalue weighted by molar-refractivity contribution is -0.325. The van der Waals surface area contributed by atoms with Gasteiger partial charge in [0.1, 0.15) is 0 Å². The second-order valence-electron chi connectivity index (χ2n) is 6.61. The molecule has 2 unspecified atom stereocenters. The van der Waals surface area contributed by atoms with E-state index in [4.69, 9.17) is 0 Å². The highest BCUT2D eigenvalue weighted by Crippen LogP contribution is 2.42. The molecule has 0 radical (unpaired) electrons. The van der Waals surface area contributed by atoms with Crippen LogP contribution in [0.5, 0.6) is 0 Å². The minimum Gasteiger partial charge on any atom is -0.308 e. The number of piperazine rings is 1. The van der Waals surface area contributed by atoms with Gasteiger partial charge < -0.3 is 5.32 Å². The van der Waals surface area contributed by atoms with Gasteiger partial charge in [0.15, 0.2) is 0 Å². The Kier molecular flexibility index (Phi) is 4.38. The predicted octanol–water partition coefficient (Wildman–Crippen LogP) is 2.77. The third-order valence-electron chi connectivity index (χ3n) is 5.02. The van der Waals surface area contributed by atoms with Crippen LogP contribution < -0.4 is 5.32 Å². The first kappa shape index (κ1) is 16.0. The van der Waals surface area contributed by atoms with Crippen LogP contribution in [-0.4, -0.2) is 48.6 Å². The van der Waals surface area contributed by atoms with Gasteiger partial charge in [0, 0.05) is 30.7 Å². The smallest absolute Gasteiger partial charge is 0.308 e. The summed E-state index contributed by atoms with van der Waals surface area (Å²) < 4.78 is 40.3. The van der Waals surface area contributed by atoms with E-state index in [1.807, 2.05) is 0 Å². The van der Waals surface area contributed by atoms with E-state index in [2.05, 4.69) is 35.7 Å². The largest absolute Gasteiger partial charge is 0.522 e. The molecule has 118 valence electrons. The Morgan fingerprint density at radius 3 is 2.45 bits per heavy atom. The van der Waals surface area contributed by atoms with Crippen molar-refractivity contribution in [3.05, 3.63) is 0 Å². The lowest BCUT2D eigenvalue weighted by Gasteiger charge is -2.52. The molecule has 0 aromatic carbocycles. The topological polar surface area (TPSA) is 24.5 Å². The standard InChI is InChI=1S/C14H25F3N2O/c1-4-12(2)9-18-13(3,11-5-6-11)10-19(12)7-8-20-14(15,16)17/h11,18H,4-10H2,1-3H3. The second-order valence-corrected chi connectivity index (χ2v) is 6.61. The summed E-state index contributed by atoms with van der Waals surface area (Å²) in [5.74, 6) is 0.662. The molecule has 20 heavy (non-hydrogen) atoms. The van der Waals surface area contributed by atoms with Crippen molar-refractivity contribution >= 4 is 0 Å². The fourth-order valence-electron chi connectivity index (χ4n) is 3.11. The van der Waals surface area contributed by atoms with E-state index in [1.165, 1.54) is 12.8 Å². The van der Waals surface area contributed by atoms with E-state index < -0.39 is 6.36 Å². The second kappa shape index (κ2) is 5.46. The summed E-state index contributed by atoms with van der Waals surface area (Å²) in [4.78, 5) is 2.17. The Bertz CT molecular complexity index is 346. The van der Waals surface area contributed by atoms with Crippen LogP contribution in [0.1, 0.15) is 40.0 Å². The van der Waals surface area contributed by atoms with Gasteiger partial charge in [0.2, 0.25) is 0 Å². The first-order valence-electron chi connectivity index (χ1n) is 7.39. The zero-order chi connectivity index (χ0) is 15.0. The van der Waals surface area contributed by atoms with Gasteiger partial charge >= 0.3 is 6.36 Å². The molecule has 2 aliphatic rings. The molecule has 6 heteroatoms. The number of nitrogens with zero attached hydrogens (tertiary/aromatic N) is 1. The maximum absolute atomic E-state index is 12.1. The van der Waals surface area contributed by atoms with E-state index in [0.29, 0.717) is 12.5 Å². The number of ether oxygens (including phenoxy) is 1. The fraction of sp³-hybridized carbons (Fsp3) is 1.00. The monoisotopic (exact) mass is 294 g/mol. The Labute approximate surface area is 118 Å². The molecule has 0 spiro atoms. The molecule has 1 heterocycles. The number of hydrogen-bond acceptors (Lipinski definition) is 3. The van der Waals surface area contributed by atoms with Gasteiger partial charge in [-0.1, -0.05) is 6.92 Å². The molecule has 2 fully saturated rings. The molecule has 0 bridgehead atoms. The van der Waals surface area contributed by atoms with Crippen LogP contribution in [0.3, 0.4) is 0 Å². The third kappa shape index (κ3) is 3.65. The van der Waals surface area contributed by atoms with Gasteiger partial charge in [0.05, 0.1) is 6.61 Å². The highest BCUT2D eigenvalue weighted by atomic mass is 19.4. The molecule has 0 aromatic heterocycles. The molecule has 1 saturated carbocycles. The number of hydrogen-bond donors (Lipinski definition) is 1. The van der Waals surface area contributed by atoms with Gasteiger partial charge in [-0.05, 0) is 39.0 Å².